The van der Waals surface area contributed by atoms with Crippen LogP contribution in [0.25, 0.3) is 22.2 Å². The molecular weight excluding hydrogens is 298 g/mol. The summed E-state index contributed by atoms with van der Waals surface area (Å²) >= 11 is 0. The van der Waals surface area contributed by atoms with Gasteiger partial charge in [-0.2, -0.15) is 5.10 Å². The van der Waals surface area contributed by atoms with Crippen molar-refractivity contribution in [3.8, 4) is 11.3 Å². The van der Waals surface area contributed by atoms with Gasteiger partial charge in [-0.25, -0.2) is 9.97 Å². The molecule has 0 radical (unpaired) electrons. The first kappa shape index (κ1) is 14.4. The number of rotatable bonds is 5. The van der Waals surface area contributed by atoms with E-state index in [2.05, 4.69) is 33.6 Å². The largest absolute Gasteiger partial charge is 0.352 e. The zero-order chi connectivity index (χ0) is 16.2. The first-order valence-corrected chi connectivity index (χ1v) is 7.94. The molecule has 1 N–H and O–H groups in total. The van der Waals surface area contributed by atoms with Gasteiger partial charge in [0, 0.05) is 29.9 Å². The summed E-state index contributed by atoms with van der Waals surface area (Å²) < 4.78 is 1.88. The van der Waals surface area contributed by atoms with E-state index in [0.717, 1.165) is 28.7 Å². The van der Waals surface area contributed by atoms with Crippen LogP contribution in [0.3, 0.4) is 0 Å². The molecule has 0 aliphatic rings. The highest BCUT2D eigenvalue weighted by atomic mass is 15.3. The van der Waals surface area contributed by atoms with E-state index in [1.54, 1.807) is 6.20 Å². The van der Waals surface area contributed by atoms with Crippen LogP contribution in [0.15, 0.2) is 73.1 Å². The van der Waals surface area contributed by atoms with Gasteiger partial charge in [0.1, 0.15) is 0 Å². The lowest BCUT2D eigenvalue weighted by molar-refractivity contribution is 0.636. The van der Waals surface area contributed by atoms with Gasteiger partial charge < -0.3 is 5.32 Å². The molecule has 5 nitrogen and oxygen atoms in total. The van der Waals surface area contributed by atoms with Crippen molar-refractivity contribution in [2.24, 2.45) is 0 Å². The molecule has 0 aliphatic carbocycles. The Balaban J connectivity index is 1.66. The molecule has 0 bridgehead atoms. The molecule has 5 heteroatoms. The zero-order valence-corrected chi connectivity index (χ0v) is 13.1. The van der Waals surface area contributed by atoms with Gasteiger partial charge in [-0.1, -0.05) is 48.5 Å². The molecule has 4 rings (SSSR count). The maximum absolute atomic E-state index is 4.74. The zero-order valence-electron chi connectivity index (χ0n) is 13.1. The molecule has 0 atom stereocenters. The van der Waals surface area contributed by atoms with Gasteiger partial charge in [0.15, 0.2) is 0 Å². The van der Waals surface area contributed by atoms with Crippen LogP contribution in [0, 0.1) is 0 Å². The molecule has 0 saturated carbocycles. The Bertz CT molecular complexity index is 933. The minimum atomic E-state index is 0.639. The van der Waals surface area contributed by atoms with E-state index in [1.165, 1.54) is 0 Å². The second kappa shape index (κ2) is 6.50. The number of nitrogens with zero attached hydrogens (tertiary/aromatic N) is 4. The van der Waals surface area contributed by atoms with E-state index >= 15 is 0 Å². The SMILES string of the molecule is c1ccc(-c2nc(NCCn3cccn3)nc3ccccc23)cc1. The van der Waals surface area contributed by atoms with Gasteiger partial charge in [0.05, 0.1) is 17.8 Å². The van der Waals surface area contributed by atoms with Gasteiger partial charge in [0.2, 0.25) is 5.95 Å². The third-order valence-corrected chi connectivity index (χ3v) is 3.83. The lowest BCUT2D eigenvalue weighted by Crippen LogP contribution is -2.13. The fraction of sp³-hybridized carbons (Fsp3) is 0.105. The minimum Gasteiger partial charge on any atom is -0.352 e. The number of anilines is 1. The lowest BCUT2D eigenvalue weighted by atomic mass is 10.1. The number of para-hydroxylation sites is 1. The molecule has 2 aromatic carbocycles. The fourth-order valence-electron chi connectivity index (χ4n) is 2.69. The third kappa shape index (κ3) is 2.96. The van der Waals surface area contributed by atoms with Crippen molar-refractivity contribution in [3.05, 3.63) is 73.1 Å². The Kier molecular flexibility index (Phi) is 3.90. The molecule has 0 saturated heterocycles. The van der Waals surface area contributed by atoms with E-state index in [4.69, 9.17) is 4.98 Å². The number of fused-ring (bicyclic) bond motifs is 1. The molecule has 0 amide bonds. The molecular formula is C19H17N5. The summed E-state index contributed by atoms with van der Waals surface area (Å²) in [7, 11) is 0. The molecule has 0 spiro atoms. The number of nitrogens with one attached hydrogen (secondary N) is 1. The topological polar surface area (TPSA) is 55.6 Å². The van der Waals surface area contributed by atoms with Crippen LogP contribution in [0.4, 0.5) is 5.95 Å². The first-order chi connectivity index (χ1) is 11.9. The van der Waals surface area contributed by atoms with Crippen LogP contribution in [0.1, 0.15) is 0 Å². The minimum absolute atomic E-state index is 0.639. The average Bonchev–Trinajstić information content (AvgIpc) is 3.15. The molecule has 24 heavy (non-hydrogen) atoms. The van der Waals surface area contributed by atoms with Crippen LogP contribution in [0.5, 0.6) is 0 Å². The highest BCUT2D eigenvalue weighted by molar-refractivity contribution is 5.93. The fourth-order valence-corrected chi connectivity index (χ4v) is 2.69. The van der Waals surface area contributed by atoms with Crippen LogP contribution < -0.4 is 5.32 Å². The molecule has 4 aromatic rings. The molecule has 0 fully saturated rings. The van der Waals surface area contributed by atoms with Gasteiger partial charge in [-0.15, -0.1) is 0 Å². The Labute approximate surface area is 140 Å². The lowest BCUT2D eigenvalue weighted by Gasteiger charge is -2.10. The number of hydrogen-bond donors (Lipinski definition) is 1. The molecule has 118 valence electrons. The highest BCUT2D eigenvalue weighted by Gasteiger charge is 2.09. The van der Waals surface area contributed by atoms with Crippen LogP contribution in [-0.4, -0.2) is 26.3 Å². The third-order valence-electron chi connectivity index (χ3n) is 3.83. The van der Waals surface area contributed by atoms with E-state index in [1.807, 2.05) is 53.3 Å². The summed E-state index contributed by atoms with van der Waals surface area (Å²) in [5.74, 6) is 0.639. The summed E-state index contributed by atoms with van der Waals surface area (Å²) in [4.78, 5) is 9.37. The van der Waals surface area contributed by atoms with Crippen molar-refractivity contribution in [1.29, 1.82) is 0 Å². The smallest absolute Gasteiger partial charge is 0.223 e. The van der Waals surface area contributed by atoms with Crippen molar-refractivity contribution in [2.75, 3.05) is 11.9 Å². The number of benzene rings is 2. The van der Waals surface area contributed by atoms with Crippen LogP contribution in [0.2, 0.25) is 0 Å². The molecule has 2 aromatic heterocycles. The summed E-state index contributed by atoms with van der Waals surface area (Å²) in [5, 5.41) is 8.56. The first-order valence-electron chi connectivity index (χ1n) is 7.94. The van der Waals surface area contributed by atoms with Crippen LogP contribution in [-0.2, 0) is 6.54 Å². The Morgan fingerprint density at radius 1 is 0.875 bits per heavy atom. The summed E-state index contributed by atoms with van der Waals surface area (Å²) in [5.41, 5.74) is 2.97. The van der Waals surface area contributed by atoms with Crippen molar-refractivity contribution in [2.45, 2.75) is 6.54 Å². The van der Waals surface area contributed by atoms with Crippen molar-refractivity contribution >= 4 is 16.9 Å². The predicted molar refractivity (Wildman–Crippen MR) is 95.7 cm³/mol. The normalized spacial score (nSPS) is 10.8. The Morgan fingerprint density at radius 2 is 1.71 bits per heavy atom. The average molecular weight is 315 g/mol. The maximum atomic E-state index is 4.74. The van der Waals surface area contributed by atoms with E-state index in [0.29, 0.717) is 12.5 Å². The number of aromatic nitrogens is 4. The molecule has 0 aliphatic heterocycles. The van der Waals surface area contributed by atoms with Gasteiger partial charge in [0.25, 0.3) is 0 Å². The van der Waals surface area contributed by atoms with Crippen molar-refractivity contribution < 1.29 is 0 Å². The van der Waals surface area contributed by atoms with Crippen LogP contribution >= 0.6 is 0 Å². The van der Waals surface area contributed by atoms with Gasteiger partial charge in [-0.05, 0) is 12.1 Å². The highest BCUT2D eigenvalue weighted by Crippen LogP contribution is 2.26. The predicted octanol–water partition coefficient (Wildman–Crippen LogP) is 3.61. The second-order valence-electron chi connectivity index (χ2n) is 5.47. The maximum Gasteiger partial charge on any atom is 0.223 e. The van der Waals surface area contributed by atoms with Crippen molar-refractivity contribution in [3.63, 3.8) is 0 Å². The summed E-state index contributed by atoms with van der Waals surface area (Å²) in [6.45, 7) is 1.48. The second-order valence-corrected chi connectivity index (χ2v) is 5.47. The van der Waals surface area contributed by atoms with E-state index in [9.17, 15) is 0 Å². The quantitative estimate of drug-likeness (QED) is 0.611. The van der Waals surface area contributed by atoms with E-state index < -0.39 is 0 Å². The molecule has 2 heterocycles. The van der Waals surface area contributed by atoms with Gasteiger partial charge >= 0.3 is 0 Å². The standard InChI is InChI=1S/C19H17N5/c1-2-7-15(8-3-1)18-16-9-4-5-10-17(16)22-19(23-18)20-12-14-24-13-6-11-21-24/h1-11,13H,12,14H2,(H,20,22,23). The summed E-state index contributed by atoms with van der Waals surface area (Å²) in [6, 6.07) is 20.2. The van der Waals surface area contributed by atoms with Gasteiger partial charge in [-0.3, -0.25) is 4.68 Å². The monoisotopic (exact) mass is 315 g/mol. The molecule has 0 unspecified atom stereocenters. The van der Waals surface area contributed by atoms with Crippen molar-refractivity contribution in [1.82, 2.24) is 19.7 Å². The Hall–Kier alpha value is -3.21. The number of hydrogen-bond acceptors (Lipinski definition) is 4. The Morgan fingerprint density at radius 3 is 2.54 bits per heavy atom. The van der Waals surface area contributed by atoms with E-state index in [-0.39, 0.29) is 0 Å². The summed E-state index contributed by atoms with van der Waals surface area (Å²) in [6.07, 6.45) is 3.72.